The lowest BCUT2D eigenvalue weighted by Gasteiger charge is -2.43. The summed E-state index contributed by atoms with van der Waals surface area (Å²) in [6, 6.07) is 19.9. The van der Waals surface area contributed by atoms with Crippen LogP contribution in [0, 0.1) is 10.1 Å². The van der Waals surface area contributed by atoms with Gasteiger partial charge < -0.3 is 29.7 Å². The first-order chi connectivity index (χ1) is 27.6. The highest BCUT2D eigenvalue weighted by molar-refractivity contribution is 7.89. The average Bonchev–Trinajstić information content (AvgIpc) is 3.19. The van der Waals surface area contributed by atoms with Crippen LogP contribution in [0.15, 0.2) is 83.8 Å². The second-order valence-corrected chi connectivity index (χ2v) is 15.0. The number of sulfonamides is 1. The van der Waals surface area contributed by atoms with Gasteiger partial charge in [-0.3, -0.25) is 14.9 Å². The summed E-state index contributed by atoms with van der Waals surface area (Å²) in [5.41, 5.74) is 1.16. The first kappa shape index (κ1) is 43.2. The van der Waals surface area contributed by atoms with E-state index in [1.165, 1.54) is 23.1 Å². The molecule has 1 heterocycles. The van der Waals surface area contributed by atoms with Crippen LogP contribution in [0.3, 0.4) is 0 Å². The summed E-state index contributed by atoms with van der Waals surface area (Å²) in [5.74, 6) is -0.121. The Hall–Kier alpha value is -5.88. The maximum absolute atomic E-state index is 14.2. The molecule has 58 heavy (non-hydrogen) atoms. The van der Waals surface area contributed by atoms with E-state index in [1.807, 2.05) is 61.6 Å². The molecule has 4 aromatic rings. The number of piperazine rings is 1. The van der Waals surface area contributed by atoms with Crippen LogP contribution >= 0.6 is 0 Å². The Morgan fingerprint density at radius 2 is 1.69 bits per heavy atom. The SMILES string of the molecule is CCOc1ccc(C(=O)N2CCN(c3ccc(-c4ccccc4OCC)cc3Cc3ccc(S(=O)(=O)NCCNC(=O)O)c([N+](=O)[O-])c3)[C@H](CC)C2)c(C(F)(F)F)c1. The third-order valence-corrected chi connectivity index (χ3v) is 11.1. The minimum atomic E-state index is -4.80. The molecular formula is C40H44F3N5O9S. The molecule has 2 amide bonds. The highest BCUT2D eigenvalue weighted by Crippen LogP contribution is 2.38. The highest BCUT2D eigenvalue weighted by atomic mass is 32.2. The van der Waals surface area contributed by atoms with Crippen molar-refractivity contribution in [2.75, 3.05) is 50.8 Å². The predicted octanol–water partition coefficient (Wildman–Crippen LogP) is 6.96. The van der Waals surface area contributed by atoms with Crippen LogP contribution < -0.4 is 24.4 Å². The van der Waals surface area contributed by atoms with Gasteiger partial charge in [-0.25, -0.2) is 17.9 Å². The van der Waals surface area contributed by atoms with Gasteiger partial charge in [-0.15, -0.1) is 0 Å². The number of carbonyl (C=O) groups excluding carboxylic acids is 1. The number of amides is 2. The Labute approximate surface area is 333 Å². The molecule has 0 unspecified atom stereocenters. The van der Waals surface area contributed by atoms with Crippen molar-refractivity contribution in [3.05, 3.63) is 111 Å². The Kier molecular flexibility index (Phi) is 13.9. The van der Waals surface area contributed by atoms with Crippen molar-refractivity contribution >= 4 is 33.4 Å². The summed E-state index contributed by atoms with van der Waals surface area (Å²) in [6.45, 7) is 5.85. The molecule has 5 rings (SSSR count). The quantitative estimate of drug-likeness (QED) is 0.0608. The maximum atomic E-state index is 14.2. The van der Waals surface area contributed by atoms with E-state index in [2.05, 4.69) is 9.62 Å². The van der Waals surface area contributed by atoms with Gasteiger partial charge >= 0.3 is 12.3 Å². The fourth-order valence-electron chi connectivity index (χ4n) is 6.93. The maximum Gasteiger partial charge on any atom is 0.417 e. The van der Waals surface area contributed by atoms with E-state index < -0.39 is 54.8 Å². The Balaban J connectivity index is 1.51. The third kappa shape index (κ3) is 10.2. The van der Waals surface area contributed by atoms with Crippen molar-refractivity contribution in [1.82, 2.24) is 14.9 Å². The van der Waals surface area contributed by atoms with Gasteiger partial charge in [-0.2, -0.15) is 13.2 Å². The zero-order valence-electron chi connectivity index (χ0n) is 32.0. The molecule has 0 saturated carbocycles. The number of anilines is 1. The molecule has 310 valence electrons. The summed E-state index contributed by atoms with van der Waals surface area (Å²) in [6.07, 6.45) is -5.54. The van der Waals surface area contributed by atoms with E-state index >= 15 is 0 Å². The molecule has 1 atom stereocenters. The summed E-state index contributed by atoms with van der Waals surface area (Å²) < 4.78 is 82.0. The third-order valence-electron chi connectivity index (χ3n) is 9.56. The second-order valence-electron chi connectivity index (χ2n) is 13.3. The number of nitro benzene ring substituents is 1. The summed E-state index contributed by atoms with van der Waals surface area (Å²) in [7, 11) is -4.41. The predicted molar refractivity (Wildman–Crippen MR) is 210 cm³/mol. The van der Waals surface area contributed by atoms with Gasteiger partial charge in [0.05, 0.1) is 29.3 Å². The molecule has 1 aliphatic rings. The Bertz CT molecular complexity index is 2260. The van der Waals surface area contributed by atoms with E-state index in [0.717, 1.165) is 35.0 Å². The van der Waals surface area contributed by atoms with Crippen molar-refractivity contribution in [3.63, 3.8) is 0 Å². The zero-order valence-corrected chi connectivity index (χ0v) is 32.9. The van der Waals surface area contributed by atoms with Crippen LogP contribution in [0.1, 0.15) is 54.2 Å². The lowest BCUT2D eigenvalue weighted by molar-refractivity contribution is -0.387. The molecule has 1 saturated heterocycles. The summed E-state index contributed by atoms with van der Waals surface area (Å²) in [5, 5.41) is 23.0. The van der Waals surface area contributed by atoms with Crippen LogP contribution in [-0.4, -0.2) is 87.3 Å². The Morgan fingerprint density at radius 1 is 0.948 bits per heavy atom. The molecule has 0 spiro atoms. The molecular weight excluding hydrogens is 784 g/mol. The van der Waals surface area contributed by atoms with E-state index in [0.29, 0.717) is 29.9 Å². The Morgan fingerprint density at radius 3 is 2.36 bits per heavy atom. The smallest absolute Gasteiger partial charge is 0.417 e. The van der Waals surface area contributed by atoms with Gasteiger partial charge in [0.25, 0.3) is 11.6 Å². The number of rotatable bonds is 16. The number of carbonyl (C=O) groups is 2. The average molecular weight is 828 g/mol. The molecule has 18 heteroatoms. The van der Waals surface area contributed by atoms with Crippen LogP contribution in [0.2, 0.25) is 0 Å². The van der Waals surface area contributed by atoms with Gasteiger partial charge in [0, 0.05) is 56.1 Å². The second kappa shape index (κ2) is 18.6. The van der Waals surface area contributed by atoms with Crippen LogP contribution in [0.5, 0.6) is 11.5 Å². The van der Waals surface area contributed by atoms with Gasteiger partial charge in [-0.05, 0) is 85.8 Å². The number of hydrogen-bond donors (Lipinski definition) is 3. The lowest BCUT2D eigenvalue weighted by atomic mass is 9.95. The van der Waals surface area contributed by atoms with Crippen LogP contribution in [-0.2, 0) is 22.6 Å². The zero-order chi connectivity index (χ0) is 42.2. The van der Waals surface area contributed by atoms with E-state index in [1.54, 1.807) is 6.92 Å². The normalized spacial score (nSPS) is 14.6. The minimum absolute atomic E-state index is 0.00582. The van der Waals surface area contributed by atoms with Crippen molar-refractivity contribution in [3.8, 4) is 22.6 Å². The molecule has 0 aliphatic carbocycles. The summed E-state index contributed by atoms with van der Waals surface area (Å²) in [4.78, 5) is 38.8. The number of alkyl halides is 3. The number of hydrogen-bond acceptors (Lipinski definition) is 9. The number of nitro groups is 1. The number of nitrogens with zero attached hydrogens (tertiary/aromatic N) is 3. The number of nitrogens with one attached hydrogen (secondary N) is 2. The minimum Gasteiger partial charge on any atom is -0.494 e. The fraction of sp³-hybridized carbons (Fsp3) is 0.350. The van der Waals surface area contributed by atoms with Crippen LogP contribution in [0.25, 0.3) is 11.1 Å². The number of ether oxygens (including phenoxy) is 2. The molecule has 14 nitrogen and oxygen atoms in total. The van der Waals surface area contributed by atoms with Crippen molar-refractivity contribution in [2.24, 2.45) is 0 Å². The first-order valence-electron chi connectivity index (χ1n) is 18.6. The van der Waals surface area contributed by atoms with E-state index in [-0.39, 0.29) is 57.5 Å². The summed E-state index contributed by atoms with van der Waals surface area (Å²) >= 11 is 0. The number of halogens is 3. The van der Waals surface area contributed by atoms with E-state index in [4.69, 9.17) is 14.6 Å². The van der Waals surface area contributed by atoms with Gasteiger partial charge in [-0.1, -0.05) is 37.3 Å². The number of benzene rings is 4. The highest BCUT2D eigenvalue weighted by Gasteiger charge is 2.38. The molecule has 0 bridgehead atoms. The van der Waals surface area contributed by atoms with Gasteiger partial charge in [0.1, 0.15) is 11.5 Å². The van der Waals surface area contributed by atoms with Crippen molar-refractivity contribution in [1.29, 1.82) is 0 Å². The molecule has 1 aliphatic heterocycles. The van der Waals surface area contributed by atoms with Crippen molar-refractivity contribution in [2.45, 2.75) is 50.7 Å². The topological polar surface area (TPSA) is 181 Å². The number of carboxylic acid groups (broad SMARTS) is 1. The van der Waals surface area contributed by atoms with Gasteiger partial charge in [0.15, 0.2) is 4.90 Å². The molecule has 3 N–H and O–H groups in total. The van der Waals surface area contributed by atoms with E-state index in [9.17, 15) is 41.3 Å². The first-order valence-corrected chi connectivity index (χ1v) is 20.0. The molecule has 0 aromatic heterocycles. The molecule has 4 aromatic carbocycles. The standard InChI is InChI=1S/C40H44F3N5O9S/c1-4-29-25-46(38(49)32-14-13-30(56-5-2)24-33(32)40(41,42)43)19-20-47(29)34-15-12-27(31-9-7-8-10-36(31)57-6-3)23-28(34)21-26-11-16-37(35(22-26)48(52)53)58(54,55)45-18-17-44-39(50)51/h7-16,22-24,29,44-45H,4-6,17-21,25H2,1-3H3,(H,50,51)/t29-/m1/s1. The monoisotopic (exact) mass is 827 g/mol. The molecule has 1 fully saturated rings. The number of para-hydroxylation sites is 1. The largest absolute Gasteiger partial charge is 0.494 e. The fourth-order valence-corrected chi connectivity index (χ4v) is 8.12. The lowest BCUT2D eigenvalue weighted by Crippen LogP contribution is -2.55. The van der Waals surface area contributed by atoms with Crippen LogP contribution in [0.4, 0.5) is 29.3 Å². The van der Waals surface area contributed by atoms with Gasteiger partial charge in [0.2, 0.25) is 10.0 Å². The van der Waals surface area contributed by atoms with Crippen molar-refractivity contribution < 1.29 is 50.7 Å². The molecule has 0 radical (unpaired) electrons.